The molecule has 0 spiro atoms. The summed E-state index contributed by atoms with van der Waals surface area (Å²) in [5.74, 6) is -5.51. The highest BCUT2D eigenvalue weighted by molar-refractivity contribution is 9.09. The highest BCUT2D eigenvalue weighted by Crippen LogP contribution is 2.66. The summed E-state index contributed by atoms with van der Waals surface area (Å²) in [7, 11) is 2.74. The number of carbonyl (C=O) groups excluding carboxylic acids is 4. The first-order valence-electron chi connectivity index (χ1n) is 15.3. The smallest absolute Gasteiger partial charge is 0.254 e. The number of hydrogen-bond acceptors (Lipinski definition) is 9. The minimum atomic E-state index is -2.00. The Labute approximate surface area is 289 Å². The molecule has 5 aliphatic rings. The van der Waals surface area contributed by atoms with E-state index < -0.39 is 51.1 Å². The van der Waals surface area contributed by atoms with Gasteiger partial charge in [-0.25, -0.2) is 0 Å². The van der Waals surface area contributed by atoms with Crippen LogP contribution in [0.15, 0.2) is 48.0 Å². The number of morpholine rings is 1. The molecule has 47 heavy (non-hydrogen) atoms. The SMILES string of the molecule is COc1cc([C@H]2C3=CC[C@@H]4C(=O)N(c5ccc(N6CCOCC6)cc5)C(=O)[C@@H]4[C@@H]3C[C@@]3(Cl)C(=O)N(CBr)C(=O)[C@@]23Cl)cc(OC)c1O. The number of fused-ring (bicyclic) bond motifs is 4. The number of phenols is 1. The van der Waals surface area contributed by atoms with Crippen LogP contribution in [0.5, 0.6) is 17.2 Å². The lowest BCUT2D eigenvalue weighted by atomic mass is 9.56. The van der Waals surface area contributed by atoms with Gasteiger partial charge < -0.3 is 24.2 Å². The molecule has 4 fully saturated rings. The van der Waals surface area contributed by atoms with Crippen molar-refractivity contribution >= 4 is 74.1 Å². The fourth-order valence-electron chi connectivity index (χ4n) is 8.10. The second-order valence-electron chi connectivity index (χ2n) is 12.4. The predicted octanol–water partition coefficient (Wildman–Crippen LogP) is 4.16. The van der Waals surface area contributed by atoms with E-state index in [1.807, 2.05) is 18.2 Å². The summed E-state index contributed by atoms with van der Waals surface area (Å²) in [5, 5.41) is 10.7. The monoisotopic (exact) mass is 747 g/mol. The standard InChI is InChI=1S/C33H32BrCl2N3O8/c1-45-23-13-17(14-24(46-2)27(23)40)26-20-7-8-21-25(22(20)15-32(35)30(43)38(16-34)31(44)33(26,32)36)29(42)39(28(21)41)19-5-3-18(4-6-19)37-9-11-47-12-10-37/h3-7,13-14,21-22,25-26,40H,8-12,15-16H2,1-2H3/t21-,22+,25-,26-,32+,33-/m0/s1. The third-order valence-electron chi connectivity index (χ3n) is 10.3. The van der Waals surface area contributed by atoms with Crippen molar-refractivity contribution in [2.75, 3.05) is 55.8 Å². The molecule has 1 N–H and O–H groups in total. The number of phenolic OH excluding ortho intramolecular Hbond substituents is 1. The summed E-state index contributed by atoms with van der Waals surface area (Å²) in [6.45, 7) is 2.75. The highest BCUT2D eigenvalue weighted by Gasteiger charge is 2.76. The van der Waals surface area contributed by atoms with Crippen molar-refractivity contribution in [2.24, 2.45) is 17.8 Å². The normalized spacial score (nSPS) is 31.9. The molecule has 14 heteroatoms. The van der Waals surface area contributed by atoms with E-state index >= 15 is 0 Å². The fourth-order valence-corrected chi connectivity index (χ4v) is 9.52. The number of rotatable bonds is 6. The van der Waals surface area contributed by atoms with Crippen molar-refractivity contribution in [3.8, 4) is 17.2 Å². The Bertz CT molecular complexity index is 1690. The summed E-state index contributed by atoms with van der Waals surface area (Å²) in [5.41, 5.74) is 2.31. The maximum atomic E-state index is 14.4. The first-order valence-corrected chi connectivity index (χ1v) is 17.1. The molecular weight excluding hydrogens is 717 g/mol. The Balaban J connectivity index is 1.32. The number of hydrogen-bond donors (Lipinski definition) is 1. The molecule has 6 atom stereocenters. The van der Waals surface area contributed by atoms with Gasteiger partial charge in [0, 0.05) is 24.7 Å². The Kier molecular flexibility index (Phi) is 8.01. The topological polar surface area (TPSA) is 126 Å². The zero-order valence-electron chi connectivity index (χ0n) is 25.6. The van der Waals surface area contributed by atoms with Crippen LogP contribution in [0.25, 0.3) is 0 Å². The molecule has 2 aliphatic carbocycles. The number of allylic oxidation sites excluding steroid dienone is 2. The minimum Gasteiger partial charge on any atom is -0.502 e. The molecule has 0 bridgehead atoms. The van der Waals surface area contributed by atoms with Crippen LogP contribution in [-0.4, -0.2) is 89.4 Å². The number of methoxy groups -OCH3 is 2. The average Bonchev–Trinajstić information content (AvgIpc) is 3.42. The summed E-state index contributed by atoms with van der Waals surface area (Å²) >= 11 is 17.9. The van der Waals surface area contributed by atoms with E-state index in [1.54, 1.807) is 12.1 Å². The van der Waals surface area contributed by atoms with Gasteiger partial charge in [0.05, 0.1) is 50.4 Å². The Morgan fingerprint density at radius 1 is 0.936 bits per heavy atom. The molecule has 3 heterocycles. The fraction of sp³-hybridized carbons (Fsp3) is 0.455. The number of aromatic hydroxyl groups is 1. The van der Waals surface area contributed by atoms with Gasteiger partial charge in [-0.05, 0) is 60.7 Å². The van der Waals surface area contributed by atoms with Crippen LogP contribution in [0.4, 0.5) is 11.4 Å². The molecule has 3 aliphatic heterocycles. The molecule has 3 saturated heterocycles. The van der Waals surface area contributed by atoms with E-state index in [2.05, 4.69) is 20.8 Å². The molecule has 248 valence electrons. The second-order valence-corrected chi connectivity index (χ2v) is 14.1. The number of nitrogens with zero attached hydrogens (tertiary/aromatic N) is 3. The van der Waals surface area contributed by atoms with Crippen LogP contribution >= 0.6 is 39.1 Å². The van der Waals surface area contributed by atoms with Crippen LogP contribution < -0.4 is 19.3 Å². The number of halogens is 3. The van der Waals surface area contributed by atoms with Crippen LogP contribution in [0.2, 0.25) is 0 Å². The van der Waals surface area contributed by atoms with Crippen LogP contribution in [-0.2, 0) is 23.9 Å². The number of imide groups is 2. The molecule has 2 aromatic rings. The van der Waals surface area contributed by atoms with Gasteiger partial charge in [-0.3, -0.25) is 29.0 Å². The number of ether oxygens (including phenoxy) is 3. The minimum absolute atomic E-state index is 0.0594. The Hall–Kier alpha value is -3.32. The number of benzene rings is 2. The molecule has 1 saturated carbocycles. The van der Waals surface area contributed by atoms with Gasteiger partial charge in [0.25, 0.3) is 11.8 Å². The van der Waals surface area contributed by atoms with E-state index in [-0.39, 0.29) is 41.5 Å². The summed E-state index contributed by atoms with van der Waals surface area (Å²) in [6, 6.07) is 10.4. The van der Waals surface area contributed by atoms with Gasteiger partial charge in [0.15, 0.2) is 21.2 Å². The molecular formula is C33H32BrCl2N3O8. The molecule has 2 aromatic carbocycles. The lowest BCUT2D eigenvalue weighted by molar-refractivity contribution is -0.138. The van der Waals surface area contributed by atoms with Gasteiger partial charge in [0.2, 0.25) is 17.6 Å². The summed E-state index contributed by atoms with van der Waals surface area (Å²) in [6.07, 6.45) is 1.94. The largest absolute Gasteiger partial charge is 0.502 e. The van der Waals surface area contributed by atoms with Gasteiger partial charge in [-0.15, -0.1) is 23.2 Å². The third kappa shape index (κ3) is 4.47. The Morgan fingerprint density at radius 3 is 2.15 bits per heavy atom. The molecule has 11 nitrogen and oxygen atoms in total. The molecule has 0 unspecified atom stereocenters. The zero-order valence-corrected chi connectivity index (χ0v) is 28.7. The highest BCUT2D eigenvalue weighted by atomic mass is 79.9. The van der Waals surface area contributed by atoms with Crippen molar-refractivity contribution in [3.05, 3.63) is 53.6 Å². The lowest BCUT2D eigenvalue weighted by Gasteiger charge is -2.50. The molecule has 7 rings (SSSR count). The Morgan fingerprint density at radius 2 is 1.55 bits per heavy atom. The van der Waals surface area contributed by atoms with Gasteiger partial charge in [0.1, 0.15) is 0 Å². The van der Waals surface area contributed by atoms with E-state index in [0.717, 1.165) is 23.7 Å². The van der Waals surface area contributed by atoms with E-state index in [4.69, 9.17) is 37.4 Å². The molecule has 0 radical (unpaired) electrons. The quantitative estimate of drug-likeness (QED) is 0.201. The molecule has 0 aromatic heterocycles. The zero-order chi connectivity index (χ0) is 33.4. The summed E-state index contributed by atoms with van der Waals surface area (Å²) in [4.78, 5) is 56.7. The maximum absolute atomic E-state index is 14.4. The number of likely N-dealkylation sites (tertiary alicyclic amines) is 1. The predicted molar refractivity (Wildman–Crippen MR) is 177 cm³/mol. The van der Waals surface area contributed by atoms with Crippen molar-refractivity contribution in [3.63, 3.8) is 0 Å². The van der Waals surface area contributed by atoms with Crippen molar-refractivity contribution in [1.82, 2.24) is 4.90 Å². The average molecular weight is 749 g/mol. The van der Waals surface area contributed by atoms with E-state index in [9.17, 15) is 24.3 Å². The third-order valence-corrected chi connectivity index (χ3v) is 12.2. The number of alkyl halides is 3. The van der Waals surface area contributed by atoms with Crippen LogP contribution in [0.1, 0.15) is 24.3 Å². The number of carbonyl (C=O) groups is 4. The van der Waals surface area contributed by atoms with Gasteiger partial charge in [-0.2, -0.15) is 0 Å². The van der Waals surface area contributed by atoms with Crippen molar-refractivity contribution < 1.29 is 38.5 Å². The van der Waals surface area contributed by atoms with Gasteiger partial charge >= 0.3 is 0 Å². The number of amides is 4. The second kappa shape index (κ2) is 11.7. The van der Waals surface area contributed by atoms with E-state index in [1.165, 1.54) is 31.3 Å². The lowest BCUT2D eigenvalue weighted by Crippen LogP contribution is -2.60. The number of anilines is 2. The van der Waals surface area contributed by atoms with Crippen molar-refractivity contribution in [1.29, 1.82) is 0 Å². The van der Waals surface area contributed by atoms with Crippen molar-refractivity contribution in [2.45, 2.75) is 28.5 Å². The van der Waals surface area contributed by atoms with Crippen LogP contribution in [0.3, 0.4) is 0 Å². The van der Waals surface area contributed by atoms with Gasteiger partial charge in [-0.1, -0.05) is 27.6 Å². The van der Waals surface area contributed by atoms with E-state index in [0.29, 0.717) is 30.0 Å². The maximum Gasteiger partial charge on any atom is 0.254 e. The first-order chi connectivity index (χ1) is 22.5. The first kappa shape index (κ1) is 32.2. The summed E-state index contributed by atoms with van der Waals surface area (Å²) < 4.78 is 16.3. The van der Waals surface area contributed by atoms with Crippen LogP contribution in [0, 0.1) is 17.8 Å². The molecule has 4 amide bonds.